The standard InChI is InChI=1S/C20H34N2O3S.C8H15NO3.C2H6/c1-8-9-14-22(15-16(2)3)26(24)18-12-10-17(11-13-18)21(7)19(23)25-20(4,5)6;1-5-9(6-10)7(11)12-8(2,3)4;1-2/h10-13,16H,8-9,14-15H2,1-7H3;6H,5H2,1-4H3;1-2H3. The van der Waals surface area contributed by atoms with Crippen LogP contribution in [0.4, 0.5) is 15.3 Å². The zero-order valence-corrected chi connectivity index (χ0v) is 28.0. The minimum absolute atomic E-state index is 0.332. The van der Waals surface area contributed by atoms with Crippen molar-refractivity contribution < 1.29 is 28.1 Å². The molecule has 0 saturated carbocycles. The van der Waals surface area contributed by atoms with E-state index in [-0.39, 0.29) is 0 Å². The van der Waals surface area contributed by atoms with Crippen LogP contribution in [0.5, 0.6) is 0 Å². The SMILES string of the molecule is CC.CCCCN(CC(C)C)S(=O)c1ccc(N(C)C(=O)OC(C)(C)C)cc1.CCN(C=O)C(=O)OC(C)(C)C. The fourth-order valence-electron chi connectivity index (χ4n) is 2.92. The van der Waals surface area contributed by atoms with Gasteiger partial charge in [-0.15, -0.1) is 0 Å². The molecule has 0 aliphatic heterocycles. The number of imide groups is 1. The molecule has 0 aromatic heterocycles. The zero-order chi connectivity index (χ0) is 31.7. The van der Waals surface area contributed by atoms with Gasteiger partial charge in [-0.1, -0.05) is 41.0 Å². The van der Waals surface area contributed by atoms with Gasteiger partial charge in [-0.05, 0) is 85.1 Å². The molecular formula is C30H55N3O6S. The van der Waals surface area contributed by atoms with Crippen LogP contribution in [-0.2, 0) is 25.3 Å². The molecular weight excluding hydrogens is 530 g/mol. The van der Waals surface area contributed by atoms with Gasteiger partial charge in [-0.3, -0.25) is 14.6 Å². The summed E-state index contributed by atoms with van der Waals surface area (Å²) in [6.07, 6.45) is 1.56. The van der Waals surface area contributed by atoms with Crippen molar-refractivity contribution in [3.05, 3.63) is 24.3 Å². The van der Waals surface area contributed by atoms with Crippen molar-refractivity contribution in [2.24, 2.45) is 5.92 Å². The Kier molecular flexibility index (Phi) is 19.4. The highest BCUT2D eigenvalue weighted by atomic mass is 32.2. The fraction of sp³-hybridized carbons (Fsp3) is 0.700. The second-order valence-electron chi connectivity index (χ2n) is 11.3. The van der Waals surface area contributed by atoms with Gasteiger partial charge in [0.2, 0.25) is 6.41 Å². The number of carbonyl (C=O) groups excluding carboxylic acids is 3. The van der Waals surface area contributed by atoms with E-state index in [4.69, 9.17) is 9.47 Å². The molecule has 0 spiro atoms. The van der Waals surface area contributed by atoms with E-state index in [1.54, 1.807) is 34.7 Å². The summed E-state index contributed by atoms with van der Waals surface area (Å²) in [5.74, 6) is 0.452. The first-order valence-electron chi connectivity index (χ1n) is 14.1. The van der Waals surface area contributed by atoms with Crippen LogP contribution in [0.3, 0.4) is 0 Å². The quantitative estimate of drug-likeness (QED) is 0.268. The van der Waals surface area contributed by atoms with Crippen LogP contribution in [0.1, 0.15) is 95.9 Å². The van der Waals surface area contributed by atoms with Gasteiger partial charge in [0.15, 0.2) is 0 Å². The number of carbonyl (C=O) groups is 3. The number of amides is 3. The topological polar surface area (TPSA) is 96.5 Å². The van der Waals surface area contributed by atoms with Crippen LogP contribution in [-0.4, -0.2) is 69.9 Å². The molecule has 3 amide bonds. The lowest BCUT2D eigenvalue weighted by atomic mass is 10.2. The molecule has 0 aliphatic rings. The number of benzene rings is 1. The molecule has 0 radical (unpaired) electrons. The Balaban J connectivity index is 0. The van der Waals surface area contributed by atoms with Crippen LogP contribution in [0.2, 0.25) is 0 Å². The van der Waals surface area contributed by atoms with Crippen molar-refractivity contribution >= 4 is 35.3 Å². The molecule has 0 heterocycles. The van der Waals surface area contributed by atoms with E-state index in [2.05, 4.69) is 20.8 Å². The van der Waals surface area contributed by atoms with Crippen LogP contribution < -0.4 is 4.90 Å². The van der Waals surface area contributed by atoms with Crippen molar-refractivity contribution in [2.75, 3.05) is 31.6 Å². The number of anilines is 1. The lowest BCUT2D eigenvalue weighted by molar-refractivity contribution is -0.117. The van der Waals surface area contributed by atoms with Crippen molar-refractivity contribution in [3.8, 4) is 0 Å². The molecule has 40 heavy (non-hydrogen) atoms. The first-order chi connectivity index (χ1) is 18.4. The summed E-state index contributed by atoms with van der Waals surface area (Å²) in [5.41, 5.74) is -0.374. The maximum Gasteiger partial charge on any atom is 0.416 e. The number of nitrogens with zero attached hydrogens (tertiary/aromatic N) is 3. The van der Waals surface area contributed by atoms with Gasteiger partial charge in [0, 0.05) is 32.4 Å². The van der Waals surface area contributed by atoms with Crippen LogP contribution in [0.25, 0.3) is 0 Å². The molecule has 0 N–H and O–H groups in total. The van der Waals surface area contributed by atoms with E-state index < -0.39 is 34.4 Å². The van der Waals surface area contributed by atoms with Crippen molar-refractivity contribution in [1.29, 1.82) is 0 Å². The first-order valence-corrected chi connectivity index (χ1v) is 15.2. The van der Waals surface area contributed by atoms with Gasteiger partial charge >= 0.3 is 12.2 Å². The Morgan fingerprint density at radius 3 is 1.77 bits per heavy atom. The summed E-state index contributed by atoms with van der Waals surface area (Å²) < 4.78 is 25.3. The van der Waals surface area contributed by atoms with Crippen LogP contribution >= 0.6 is 0 Å². The third-order valence-corrected chi connectivity index (χ3v) is 6.23. The molecule has 0 fully saturated rings. The molecule has 0 bridgehead atoms. The number of hydrogen-bond acceptors (Lipinski definition) is 6. The second kappa shape index (κ2) is 19.6. The Morgan fingerprint density at radius 1 is 0.925 bits per heavy atom. The molecule has 0 saturated heterocycles. The Labute approximate surface area is 246 Å². The predicted molar refractivity (Wildman–Crippen MR) is 165 cm³/mol. The summed E-state index contributed by atoms with van der Waals surface area (Å²) in [6.45, 7) is 24.8. The van der Waals surface area contributed by atoms with Crippen LogP contribution in [0, 0.1) is 5.92 Å². The van der Waals surface area contributed by atoms with Crippen molar-refractivity contribution in [1.82, 2.24) is 9.21 Å². The number of unbranched alkanes of at least 4 members (excludes halogenated alkanes) is 1. The molecule has 9 nitrogen and oxygen atoms in total. The number of hydrogen-bond donors (Lipinski definition) is 0. The van der Waals surface area contributed by atoms with E-state index in [1.807, 2.05) is 63.2 Å². The van der Waals surface area contributed by atoms with Crippen molar-refractivity contribution in [2.45, 2.75) is 112 Å². The highest BCUT2D eigenvalue weighted by Gasteiger charge is 2.22. The minimum Gasteiger partial charge on any atom is -0.443 e. The summed E-state index contributed by atoms with van der Waals surface area (Å²) >= 11 is 0. The van der Waals surface area contributed by atoms with E-state index in [0.717, 1.165) is 35.7 Å². The highest BCUT2D eigenvalue weighted by molar-refractivity contribution is 7.82. The molecule has 1 aromatic carbocycles. The smallest absolute Gasteiger partial charge is 0.416 e. The number of rotatable bonds is 10. The summed E-state index contributed by atoms with van der Waals surface area (Å²) in [6, 6.07) is 7.27. The van der Waals surface area contributed by atoms with Gasteiger partial charge in [-0.25, -0.2) is 18.1 Å². The maximum atomic E-state index is 12.9. The third-order valence-electron chi connectivity index (χ3n) is 4.75. The molecule has 10 heteroatoms. The summed E-state index contributed by atoms with van der Waals surface area (Å²) in [5, 5.41) is 0. The first kappa shape index (κ1) is 39.7. The lowest BCUT2D eigenvalue weighted by Gasteiger charge is -2.25. The third kappa shape index (κ3) is 17.3. The molecule has 0 aliphatic carbocycles. The van der Waals surface area contributed by atoms with E-state index >= 15 is 0 Å². The summed E-state index contributed by atoms with van der Waals surface area (Å²) in [7, 11) is 0.480. The Morgan fingerprint density at radius 2 is 1.40 bits per heavy atom. The minimum atomic E-state index is -1.19. The van der Waals surface area contributed by atoms with Gasteiger partial charge in [0.25, 0.3) is 0 Å². The molecule has 1 aromatic rings. The molecule has 232 valence electrons. The highest BCUT2D eigenvalue weighted by Crippen LogP contribution is 2.21. The normalized spacial score (nSPS) is 11.9. The van der Waals surface area contributed by atoms with Gasteiger partial charge < -0.3 is 9.47 Å². The van der Waals surface area contributed by atoms with Crippen LogP contribution in [0.15, 0.2) is 29.2 Å². The summed E-state index contributed by atoms with van der Waals surface area (Å²) in [4.78, 5) is 36.7. The predicted octanol–water partition coefficient (Wildman–Crippen LogP) is 7.26. The van der Waals surface area contributed by atoms with Gasteiger partial charge in [-0.2, -0.15) is 0 Å². The average Bonchev–Trinajstić information content (AvgIpc) is 2.86. The molecule has 1 atom stereocenters. The zero-order valence-electron chi connectivity index (χ0n) is 27.2. The largest absolute Gasteiger partial charge is 0.443 e. The Hall–Kier alpha value is -2.46. The van der Waals surface area contributed by atoms with Crippen molar-refractivity contribution in [3.63, 3.8) is 0 Å². The average molecular weight is 586 g/mol. The molecule has 1 unspecified atom stereocenters. The van der Waals surface area contributed by atoms with Gasteiger partial charge in [0.1, 0.15) is 22.2 Å². The molecule has 1 rings (SSSR count). The second-order valence-corrected chi connectivity index (χ2v) is 12.8. The fourth-order valence-corrected chi connectivity index (χ4v) is 4.32. The van der Waals surface area contributed by atoms with E-state index in [9.17, 15) is 18.6 Å². The maximum absolute atomic E-state index is 12.9. The Bertz CT molecular complexity index is 892. The monoisotopic (exact) mass is 585 g/mol. The van der Waals surface area contributed by atoms with Gasteiger partial charge in [0.05, 0.1) is 4.90 Å². The lowest BCUT2D eigenvalue weighted by Crippen LogP contribution is -2.35. The number of ether oxygens (including phenoxy) is 2. The van der Waals surface area contributed by atoms with E-state index in [1.165, 1.54) is 4.90 Å². The van der Waals surface area contributed by atoms with E-state index in [0.29, 0.717) is 24.6 Å².